The molecule has 116 valence electrons. The number of hydrogen-bond donors (Lipinski definition) is 3. The standard InChI is InChI=1S/C13H21N5O2S/c1-2-4-14-10-12-9-13(11-15-12)21(19,20)17-6-8-18-7-3-5-16-18/h3,5,7,9,11,14-15,17H,2,4,6,8,10H2,1H3. The summed E-state index contributed by atoms with van der Waals surface area (Å²) in [5.74, 6) is 0. The molecular formula is C13H21N5O2S. The van der Waals surface area contributed by atoms with Gasteiger partial charge in [-0.2, -0.15) is 5.10 Å². The monoisotopic (exact) mass is 311 g/mol. The fraction of sp³-hybridized carbons (Fsp3) is 0.462. The van der Waals surface area contributed by atoms with Crippen molar-refractivity contribution in [2.24, 2.45) is 0 Å². The van der Waals surface area contributed by atoms with E-state index in [1.54, 1.807) is 29.2 Å². The number of aromatic nitrogens is 3. The number of hydrogen-bond acceptors (Lipinski definition) is 4. The maximum Gasteiger partial charge on any atom is 0.242 e. The Morgan fingerprint density at radius 3 is 2.95 bits per heavy atom. The van der Waals surface area contributed by atoms with Gasteiger partial charge in [-0.1, -0.05) is 6.92 Å². The summed E-state index contributed by atoms with van der Waals surface area (Å²) >= 11 is 0. The van der Waals surface area contributed by atoms with Gasteiger partial charge in [0.05, 0.1) is 11.4 Å². The third-order valence-corrected chi connectivity index (χ3v) is 4.40. The van der Waals surface area contributed by atoms with Gasteiger partial charge in [-0.25, -0.2) is 13.1 Å². The van der Waals surface area contributed by atoms with Gasteiger partial charge in [0.1, 0.15) is 0 Å². The largest absolute Gasteiger partial charge is 0.363 e. The maximum absolute atomic E-state index is 12.1. The molecule has 8 heteroatoms. The minimum absolute atomic E-state index is 0.260. The molecule has 0 atom stereocenters. The zero-order valence-electron chi connectivity index (χ0n) is 12.0. The van der Waals surface area contributed by atoms with Crippen molar-refractivity contribution in [1.29, 1.82) is 0 Å². The molecule has 3 N–H and O–H groups in total. The van der Waals surface area contributed by atoms with E-state index < -0.39 is 10.0 Å². The van der Waals surface area contributed by atoms with E-state index >= 15 is 0 Å². The van der Waals surface area contributed by atoms with Crippen molar-refractivity contribution >= 4 is 10.0 Å². The third-order valence-electron chi connectivity index (χ3n) is 2.96. The minimum atomic E-state index is -3.47. The Morgan fingerprint density at radius 2 is 2.24 bits per heavy atom. The summed E-state index contributed by atoms with van der Waals surface area (Å²) in [4.78, 5) is 3.24. The molecule has 0 aliphatic carbocycles. The molecule has 2 aromatic rings. The Labute approximate surface area is 124 Å². The average Bonchev–Trinajstić information content (AvgIpc) is 3.10. The Balaban J connectivity index is 1.86. The van der Waals surface area contributed by atoms with E-state index in [0.29, 0.717) is 19.6 Å². The van der Waals surface area contributed by atoms with E-state index in [2.05, 4.69) is 27.0 Å². The molecule has 7 nitrogen and oxygen atoms in total. The van der Waals surface area contributed by atoms with Crippen molar-refractivity contribution < 1.29 is 8.42 Å². The van der Waals surface area contributed by atoms with E-state index in [4.69, 9.17) is 0 Å². The topological polar surface area (TPSA) is 91.8 Å². The normalized spacial score (nSPS) is 11.9. The van der Waals surface area contributed by atoms with Crippen molar-refractivity contribution in [3.05, 3.63) is 36.4 Å². The number of aromatic amines is 1. The van der Waals surface area contributed by atoms with Crippen LogP contribution in [0.25, 0.3) is 0 Å². The van der Waals surface area contributed by atoms with Gasteiger partial charge in [0.25, 0.3) is 0 Å². The summed E-state index contributed by atoms with van der Waals surface area (Å²) in [6.07, 6.45) is 6.01. The average molecular weight is 311 g/mol. The Hall–Kier alpha value is -1.64. The van der Waals surface area contributed by atoms with E-state index in [9.17, 15) is 8.42 Å². The SMILES string of the molecule is CCCNCc1cc(S(=O)(=O)NCCn2cccn2)c[nH]1. The van der Waals surface area contributed by atoms with Crippen LogP contribution in [0.1, 0.15) is 19.0 Å². The molecule has 0 saturated carbocycles. The zero-order chi connectivity index (χ0) is 15.1. The molecule has 0 aliphatic rings. The number of nitrogens with zero attached hydrogens (tertiary/aromatic N) is 2. The van der Waals surface area contributed by atoms with Gasteiger partial charge in [0, 0.05) is 37.4 Å². The first-order valence-electron chi connectivity index (χ1n) is 6.97. The van der Waals surface area contributed by atoms with Gasteiger partial charge in [-0.3, -0.25) is 4.68 Å². The van der Waals surface area contributed by atoms with Crippen LogP contribution in [-0.4, -0.2) is 36.3 Å². The molecular weight excluding hydrogens is 290 g/mol. The quantitative estimate of drug-likeness (QED) is 0.594. The number of sulfonamides is 1. The van der Waals surface area contributed by atoms with Crippen LogP contribution in [0.4, 0.5) is 0 Å². The summed E-state index contributed by atoms with van der Waals surface area (Å²) in [5, 5.41) is 7.24. The van der Waals surface area contributed by atoms with E-state index in [1.807, 2.05) is 0 Å². The summed E-state index contributed by atoms with van der Waals surface area (Å²) < 4.78 is 28.5. The molecule has 0 unspecified atom stereocenters. The Bertz CT molecular complexity index is 633. The van der Waals surface area contributed by atoms with Crippen LogP contribution < -0.4 is 10.0 Å². The van der Waals surface area contributed by atoms with Crippen LogP contribution in [0.5, 0.6) is 0 Å². The highest BCUT2D eigenvalue weighted by atomic mass is 32.2. The van der Waals surface area contributed by atoms with Crippen LogP contribution in [0.2, 0.25) is 0 Å². The predicted octanol–water partition coefficient (Wildman–Crippen LogP) is 0.689. The van der Waals surface area contributed by atoms with Crippen LogP contribution in [0, 0.1) is 0 Å². The van der Waals surface area contributed by atoms with Crippen molar-refractivity contribution in [2.75, 3.05) is 13.1 Å². The molecule has 0 aromatic carbocycles. The second-order valence-corrected chi connectivity index (χ2v) is 6.47. The van der Waals surface area contributed by atoms with Crippen LogP contribution >= 0.6 is 0 Å². The lowest BCUT2D eigenvalue weighted by atomic mass is 10.4. The molecule has 0 fully saturated rings. The van der Waals surface area contributed by atoms with Gasteiger partial charge in [0.15, 0.2) is 0 Å². The Kier molecular flexibility index (Phi) is 5.54. The van der Waals surface area contributed by atoms with Crippen LogP contribution in [0.3, 0.4) is 0 Å². The summed E-state index contributed by atoms with van der Waals surface area (Å²) in [7, 11) is -3.47. The van der Waals surface area contributed by atoms with Crippen molar-refractivity contribution in [3.63, 3.8) is 0 Å². The molecule has 0 bridgehead atoms. The smallest absolute Gasteiger partial charge is 0.242 e. The van der Waals surface area contributed by atoms with Crippen LogP contribution in [0.15, 0.2) is 35.6 Å². The van der Waals surface area contributed by atoms with Gasteiger partial charge in [-0.15, -0.1) is 0 Å². The van der Waals surface area contributed by atoms with Crippen molar-refractivity contribution in [1.82, 2.24) is 24.8 Å². The molecule has 0 aliphatic heterocycles. The molecule has 0 spiro atoms. The minimum Gasteiger partial charge on any atom is -0.363 e. The molecule has 2 rings (SSSR count). The highest BCUT2D eigenvalue weighted by Crippen LogP contribution is 2.10. The van der Waals surface area contributed by atoms with Crippen molar-refractivity contribution in [2.45, 2.75) is 31.3 Å². The number of nitrogens with one attached hydrogen (secondary N) is 3. The summed E-state index contributed by atoms with van der Waals surface area (Å²) in [6, 6.07) is 3.45. The van der Waals surface area contributed by atoms with Crippen molar-refractivity contribution in [3.8, 4) is 0 Å². The Morgan fingerprint density at radius 1 is 1.38 bits per heavy atom. The fourth-order valence-corrected chi connectivity index (χ4v) is 2.92. The lowest BCUT2D eigenvalue weighted by molar-refractivity contribution is 0.561. The second-order valence-electron chi connectivity index (χ2n) is 4.70. The molecule has 21 heavy (non-hydrogen) atoms. The zero-order valence-corrected chi connectivity index (χ0v) is 12.9. The molecule has 0 radical (unpaired) electrons. The maximum atomic E-state index is 12.1. The van der Waals surface area contributed by atoms with E-state index in [-0.39, 0.29) is 4.90 Å². The molecule has 0 saturated heterocycles. The lowest BCUT2D eigenvalue weighted by Gasteiger charge is -2.05. The fourth-order valence-electron chi connectivity index (χ4n) is 1.89. The van der Waals surface area contributed by atoms with Gasteiger partial charge in [0.2, 0.25) is 10.0 Å². The highest BCUT2D eigenvalue weighted by Gasteiger charge is 2.15. The van der Waals surface area contributed by atoms with Crippen LogP contribution in [-0.2, 0) is 23.1 Å². The first kappa shape index (κ1) is 15.7. The molecule has 2 heterocycles. The molecule has 0 amide bonds. The van der Waals surface area contributed by atoms with Gasteiger partial charge >= 0.3 is 0 Å². The first-order valence-corrected chi connectivity index (χ1v) is 8.45. The number of H-pyrrole nitrogens is 1. The second kappa shape index (κ2) is 7.39. The number of rotatable bonds is 9. The summed E-state index contributed by atoms with van der Waals surface area (Å²) in [6.45, 7) is 4.43. The summed E-state index contributed by atoms with van der Waals surface area (Å²) in [5.41, 5.74) is 0.857. The van der Waals surface area contributed by atoms with Gasteiger partial charge < -0.3 is 10.3 Å². The van der Waals surface area contributed by atoms with Gasteiger partial charge in [-0.05, 0) is 25.1 Å². The highest BCUT2D eigenvalue weighted by molar-refractivity contribution is 7.89. The first-order chi connectivity index (χ1) is 10.1. The van der Waals surface area contributed by atoms with E-state index in [1.165, 1.54) is 6.20 Å². The molecule has 2 aromatic heterocycles. The van der Waals surface area contributed by atoms with E-state index in [0.717, 1.165) is 18.7 Å². The predicted molar refractivity (Wildman–Crippen MR) is 80.2 cm³/mol. The third kappa shape index (κ3) is 4.69. The lowest BCUT2D eigenvalue weighted by Crippen LogP contribution is -2.27.